The molecule has 0 saturated carbocycles. The van der Waals surface area contributed by atoms with Crippen molar-refractivity contribution in [1.82, 2.24) is 15.0 Å². The first-order valence-corrected chi connectivity index (χ1v) is 8.82. The number of amides is 2. The summed E-state index contributed by atoms with van der Waals surface area (Å²) in [5.41, 5.74) is 0.708. The molecule has 0 aliphatic carbocycles. The number of carbonyl (C=O) groups excluding carboxylic acids is 2. The van der Waals surface area contributed by atoms with Crippen LogP contribution >= 0.6 is 0 Å². The van der Waals surface area contributed by atoms with Gasteiger partial charge in [-0.25, -0.2) is 0 Å². The minimum Gasteiger partial charge on any atom is -0.451 e. The minimum atomic E-state index is -0.152. The number of anilines is 1. The third kappa shape index (κ3) is 3.85. The molecule has 1 fully saturated rings. The summed E-state index contributed by atoms with van der Waals surface area (Å²) in [6.07, 6.45) is 0. The Morgan fingerprint density at radius 1 is 1.15 bits per heavy atom. The van der Waals surface area contributed by atoms with Gasteiger partial charge in [-0.2, -0.15) is 0 Å². The molecule has 8 nitrogen and oxygen atoms in total. The van der Waals surface area contributed by atoms with Crippen LogP contribution in [0.2, 0.25) is 0 Å². The van der Waals surface area contributed by atoms with Crippen LogP contribution < -0.4 is 5.32 Å². The molecule has 0 radical (unpaired) electrons. The van der Waals surface area contributed by atoms with Gasteiger partial charge in [-0.1, -0.05) is 23.4 Å². The lowest BCUT2D eigenvalue weighted by atomic mass is 10.2. The van der Waals surface area contributed by atoms with Crippen molar-refractivity contribution in [3.05, 3.63) is 47.9 Å². The second kappa shape index (κ2) is 7.24. The van der Waals surface area contributed by atoms with Gasteiger partial charge in [0.05, 0.1) is 6.54 Å². The van der Waals surface area contributed by atoms with Gasteiger partial charge in [0.2, 0.25) is 5.91 Å². The molecule has 1 saturated heterocycles. The van der Waals surface area contributed by atoms with Gasteiger partial charge in [0.25, 0.3) is 5.91 Å². The molecule has 2 aromatic heterocycles. The number of piperazine rings is 1. The number of aryl methyl sites for hydroxylation is 1. The van der Waals surface area contributed by atoms with Gasteiger partial charge < -0.3 is 19.2 Å². The Bertz CT molecular complexity index is 936. The minimum absolute atomic E-state index is 0.117. The van der Waals surface area contributed by atoms with Crippen molar-refractivity contribution in [2.45, 2.75) is 6.92 Å². The molecule has 4 rings (SSSR count). The van der Waals surface area contributed by atoms with Crippen LogP contribution in [0.5, 0.6) is 0 Å². The predicted molar refractivity (Wildman–Crippen MR) is 98.4 cm³/mol. The molecule has 8 heteroatoms. The highest BCUT2D eigenvalue weighted by molar-refractivity contribution is 5.96. The lowest BCUT2D eigenvalue weighted by Gasteiger charge is -2.33. The summed E-state index contributed by atoms with van der Waals surface area (Å²) in [5.74, 6) is 1.14. The Hall–Kier alpha value is -3.13. The highest BCUT2D eigenvalue weighted by atomic mass is 16.5. The molecule has 2 amide bonds. The fourth-order valence-corrected chi connectivity index (χ4v) is 3.16. The molecular weight excluding hydrogens is 348 g/mol. The van der Waals surface area contributed by atoms with E-state index in [1.54, 1.807) is 24.0 Å². The number of nitrogens with one attached hydrogen (secondary N) is 1. The molecule has 3 heterocycles. The van der Waals surface area contributed by atoms with Crippen molar-refractivity contribution in [3.63, 3.8) is 0 Å². The zero-order valence-electron chi connectivity index (χ0n) is 15.0. The smallest absolute Gasteiger partial charge is 0.289 e. The van der Waals surface area contributed by atoms with E-state index in [0.717, 1.165) is 5.39 Å². The number of carbonyl (C=O) groups is 2. The number of rotatable bonds is 4. The van der Waals surface area contributed by atoms with Gasteiger partial charge in [-0.15, -0.1) is 0 Å². The van der Waals surface area contributed by atoms with E-state index in [1.165, 1.54) is 0 Å². The van der Waals surface area contributed by atoms with E-state index in [2.05, 4.69) is 10.5 Å². The van der Waals surface area contributed by atoms with Crippen LogP contribution in [0.3, 0.4) is 0 Å². The summed E-state index contributed by atoms with van der Waals surface area (Å²) >= 11 is 0. The molecule has 1 aliphatic heterocycles. The van der Waals surface area contributed by atoms with E-state index >= 15 is 0 Å². The molecule has 1 aromatic carbocycles. The second-order valence-electron chi connectivity index (χ2n) is 6.59. The van der Waals surface area contributed by atoms with Gasteiger partial charge in [0.1, 0.15) is 11.3 Å². The van der Waals surface area contributed by atoms with Crippen LogP contribution in [0.15, 0.2) is 45.3 Å². The van der Waals surface area contributed by atoms with Crippen LogP contribution in [0, 0.1) is 6.92 Å². The average molecular weight is 368 g/mol. The first kappa shape index (κ1) is 17.3. The van der Waals surface area contributed by atoms with E-state index in [-0.39, 0.29) is 18.4 Å². The number of hydrogen-bond acceptors (Lipinski definition) is 6. The van der Waals surface area contributed by atoms with E-state index < -0.39 is 0 Å². The standard InChI is InChI=1S/C19H20N4O4/c1-13-10-17(21-27-13)20-18(24)12-22-6-8-23(9-7-22)19(25)16-11-14-4-2-3-5-15(14)26-16/h2-5,10-11H,6-9,12H2,1H3,(H,20,21,24). The molecule has 1 N–H and O–H groups in total. The number of benzene rings is 1. The Morgan fingerprint density at radius 2 is 1.93 bits per heavy atom. The quantitative estimate of drug-likeness (QED) is 0.758. The van der Waals surface area contributed by atoms with Crippen molar-refractivity contribution < 1.29 is 18.5 Å². The van der Waals surface area contributed by atoms with Crippen molar-refractivity contribution in [2.75, 3.05) is 38.0 Å². The monoisotopic (exact) mass is 368 g/mol. The summed E-state index contributed by atoms with van der Waals surface area (Å²) in [7, 11) is 0. The second-order valence-corrected chi connectivity index (χ2v) is 6.59. The molecule has 1 aliphatic rings. The molecular formula is C19H20N4O4. The number of aromatic nitrogens is 1. The number of fused-ring (bicyclic) bond motifs is 1. The van der Waals surface area contributed by atoms with Crippen molar-refractivity contribution in [3.8, 4) is 0 Å². The first-order valence-electron chi connectivity index (χ1n) is 8.82. The molecule has 140 valence electrons. The van der Waals surface area contributed by atoms with Crippen LogP contribution in [-0.2, 0) is 4.79 Å². The number of furan rings is 1. The van der Waals surface area contributed by atoms with Crippen molar-refractivity contribution >= 4 is 28.6 Å². The Labute approximate surface area is 155 Å². The highest BCUT2D eigenvalue weighted by Crippen LogP contribution is 2.20. The van der Waals surface area contributed by atoms with Crippen molar-refractivity contribution in [2.24, 2.45) is 0 Å². The van der Waals surface area contributed by atoms with E-state index in [1.807, 2.05) is 29.2 Å². The Morgan fingerprint density at radius 3 is 2.63 bits per heavy atom. The summed E-state index contributed by atoms with van der Waals surface area (Å²) in [5, 5.41) is 7.37. The van der Waals surface area contributed by atoms with Gasteiger partial charge in [-0.3, -0.25) is 14.5 Å². The molecule has 27 heavy (non-hydrogen) atoms. The van der Waals surface area contributed by atoms with E-state index in [4.69, 9.17) is 8.94 Å². The predicted octanol–water partition coefficient (Wildman–Crippen LogP) is 2.13. The topological polar surface area (TPSA) is 91.8 Å². The maximum Gasteiger partial charge on any atom is 0.289 e. The zero-order valence-corrected chi connectivity index (χ0v) is 15.0. The lowest BCUT2D eigenvalue weighted by molar-refractivity contribution is -0.117. The lowest BCUT2D eigenvalue weighted by Crippen LogP contribution is -2.50. The van der Waals surface area contributed by atoms with Crippen LogP contribution in [-0.4, -0.2) is 59.5 Å². The van der Waals surface area contributed by atoms with E-state index in [9.17, 15) is 9.59 Å². The highest BCUT2D eigenvalue weighted by Gasteiger charge is 2.25. The maximum absolute atomic E-state index is 12.7. The number of para-hydroxylation sites is 1. The molecule has 0 bridgehead atoms. The third-order valence-corrected chi connectivity index (χ3v) is 4.56. The van der Waals surface area contributed by atoms with Crippen molar-refractivity contribution in [1.29, 1.82) is 0 Å². The fraction of sp³-hybridized carbons (Fsp3) is 0.316. The summed E-state index contributed by atoms with van der Waals surface area (Å²) < 4.78 is 10.6. The van der Waals surface area contributed by atoms with Crippen LogP contribution in [0.1, 0.15) is 16.3 Å². The maximum atomic E-state index is 12.7. The van der Waals surface area contributed by atoms with Gasteiger partial charge in [-0.05, 0) is 19.1 Å². The molecule has 0 unspecified atom stereocenters. The van der Waals surface area contributed by atoms with Gasteiger partial charge in [0.15, 0.2) is 11.6 Å². The fourth-order valence-electron chi connectivity index (χ4n) is 3.16. The SMILES string of the molecule is Cc1cc(NC(=O)CN2CCN(C(=O)c3cc4ccccc4o3)CC2)no1. The van der Waals surface area contributed by atoms with E-state index in [0.29, 0.717) is 49.1 Å². The summed E-state index contributed by atoms with van der Waals surface area (Å²) in [6.45, 7) is 4.35. The molecule has 0 atom stereocenters. The summed E-state index contributed by atoms with van der Waals surface area (Å²) in [4.78, 5) is 28.5. The third-order valence-electron chi connectivity index (χ3n) is 4.56. The van der Waals surface area contributed by atoms with Gasteiger partial charge in [0, 0.05) is 37.6 Å². The van der Waals surface area contributed by atoms with Gasteiger partial charge >= 0.3 is 0 Å². The molecule has 0 spiro atoms. The first-order chi connectivity index (χ1) is 13.1. The Kier molecular flexibility index (Phi) is 4.64. The van der Waals surface area contributed by atoms with Crippen LogP contribution in [0.25, 0.3) is 11.0 Å². The molecule has 3 aromatic rings. The largest absolute Gasteiger partial charge is 0.451 e. The zero-order chi connectivity index (χ0) is 18.8. The summed E-state index contributed by atoms with van der Waals surface area (Å²) in [6, 6.07) is 11.0. The Balaban J connectivity index is 1.30. The number of nitrogens with zero attached hydrogens (tertiary/aromatic N) is 3. The average Bonchev–Trinajstić information content (AvgIpc) is 3.27. The normalized spacial score (nSPS) is 15.2. The van der Waals surface area contributed by atoms with Crippen LogP contribution in [0.4, 0.5) is 5.82 Å². The number of hydrogen-bond donors (Lipinski definition) is 1.